The molecule has 0 bridgehead atoms. The van der Waals surface area contributed by atoms with Gasteiger partial charge >= 0.3 is 0 Å². The van der Waals surface area contributed by atoms with Gasteiger partial charge in [-0.25, -0.2) is 0 Å². The quantitative estimate of drug-likeness (QED) is 0.732. The van der Waals surface area contributed by atoms with E-state index in [0.717, 1.165) is 11.1 Å². The number of ketones is 1. The van der Waals surface area contributed by atoms with Crippen molar-refractivity contribution >= 4 is 5.78 Å². The second-order valence-corrected chi connectivity index (χ2v) is 7.28. The van der Waals surface area contributed by atoms with Crippen LogP contribution in [0.15, 0.2) is 84.9 Å². The highest BCUT2D eigenvalue weighted by molar-refractivity contribution is 6.02. The normalized spacial score (nSPS) is 27.8. The molecule has 0 fully saturated rings. The minimum Gasteiger partial charge on any atom is -0.379 e. The zero-order chi connectivity index (χ0) is 18.4. The van der Waals surface area contributed by atoms with Crippen molar-refractivity contribution in [2.24, 2.45) is 5.92 Å². The van der Waals surface area contributed by atoms with Crippen LogP contribution in [0.2, 0.25) is 0 Å². The fraction of sp³-hybridized carbons (Fsp3) is 0.208. The maximum Gasteiger partial charge on any atom is 0.167 e. The zero-order valence-electron chi connectivity index (χ0n) is 15.0. The molecule has 4 rings (SSSR count). The number of carbonyl (C=O) groups is 1. The molecule has 26 heavy (non-hydrogen) atoms. The predicted molar refractivity (Wildman–Crippen MR) is 103 cm³/mol. The van der Waals surface area contributed by atoms with Crippen LogP contribution in [-0.2, 0) is 11.0 Å². The first-order chi connectivity index (χ1) is 12.5. The lowest BCUT2D eigenvalue weighted by Gasteiger charge is -2.52. The van der Waals surface area contributed by atoms with Crippen LogP contribution in [0.5, 0.6) is 0 Å². The molecular formula is C24H22O2. The second-order valence-electron chi connectivity index (χ2n) is 7.28. The Hall–Kier alpha value is -2.71. The summed E-state index contributed by atoms with van der Waals surface area (Å²) in [5.41, 5.74) is 0.959. The average molecular weight is 342 g/mol. The monoisotopic (exact) mass is 342 g/mol. The van der Waals surface area contributed by atoms with Crippen LogP contribution in [0, 0.1) is 5.92 Å². The topological polar surface area (TPSA) is 37.3 Å². The van der Waals surface area contributed by atoms with Gasteiger partial charge in [0.2, 0.25) is 0 Å². The molecule has 0 radical (unpaired) electrons. The first-order valence-electron chi connectivity index (χ1n) is 8.98. The summed E-state index contributed by atoms with van der Waals surface area (Å²) in [6, 6.07) is 27.0. The van der Waals surface area contributed by atoms with Gasteiger partial charge in [-0.05, 0) is 16.7 Å². The number of benzene rings is 3. The number of aliphatic hydroxyl groups is 1. The van der Waals surface area contributed by atoms with Gasteiger partial charge in [-0.1, -0.05) is 98.8 Å². The fourth-order valence-corrected chi connectivity index (χ4v) is 4.48. The number of hydrogen-bond donors (Lipinski definition) is 1. The predicted octanol–water partition coefficient (Wildman–Crippen LogP) is 4.71. The molecule has 0 aromatic heterocycles. The van der Waals surface area contributed by atoms with E-state index in [-0.39, 0.29) is 11.7 Å². The van der Waals surface area contributed by atoms with E-state index in [9.17, 15) is 9.90 Å². The zero-order valence-corrected chi connectivity index (χ0v) is 15.0. The molecule has 2 nitrogen and oxygen atoms in total. The highest BCUT2D eigenvalue weighted by Crippen LogP contribution is 2.55. The molecule has 1 N–H and O–H groups in total. The van der Waals surface area contributed by atoms with Gasteiger partial charge in [0.1, 0.15) is 5.60 Å². The van der Waals surface area contributed by atoms with Gasteiger partial charge < -0.3 is 5.11 Å². The Morgan fingerprint density at radius 1 is 0.769 bits per heavy atom. The summed E-state index contributed by atoms with van der Waals surface area (Å²) in [6.07, 6.45) is 0. The van der Waals surface area contributed by atoms with Crippen LogP contribution in [0.1, 0.15) is 40.9 Å². The van der Waals surface area contributed by atoms with Gasteiger partial charge in [0.15, 0.2) is 5.78 Å². The van der Waals surface area contributed by atoms with Crippen LogP contribution < -0.4 is 0 Å². The molecule has 0 saturated heterocycles. The van der Waals surface area contributed by atoms with Crippen LogP contribution in [0.3, 0.4) is 0 Å². The molecule has 0 aliphatic heterocycles. The summed E-state index contributed by atoms with van der Waals surface area (Å²) in [5, 5.41) is 12.3. The van der Waals surface area contributed by atoms with Crippen molar-refractivity contribution in [2.45, 2.75) is 24.9 Å². The minimum atomic E-state index is -1.31. The molecular weight excluding hydrogens is 320 g/mol. The maximum atomic E-state index is 13.2. The molecule has 0 heterocycles. The summed E-state index contributed by atoms with van der Waals surface area (Å²) in [4.78, 5) is 13.2. The Balaban J connectivity index is 2.11. The third kappa shape index (κ3) is 2.06. The summed E-state index contributed by atoms with van der Waals surface area (Å²) < 4.78 is 0. The number of hydrogen-bond acceptors (Lipinski definition) is 2. The highest BCUT2D eigenvalue weighted by atomic mass is 16.3. The van der Waals surface area contributed by atoms with Crippen molar-refractivity contribution in [3.05, 3.63) is 107 Å². The molecule has 1 aliphatic rings. The Morgan fingerprint density at radius 3 is 1.88 bits per heavy atom. The van der Waals surface area contributed by atoms with E-state index in [1.54, 1.807) is 0 Å². The Labute approximate surface area is 154 Å². The van der Waals surface area contributed by atoms with Gasteiger partial charge in [-0.15, -0.1) is 0 Å². The Kier molecular flexibility index (Phi) is 3.82. The van der Waals surface area contributed by atoms with Crippen molar-refractivity contribution in [3.8, 4) is 0 Å². The van der Waals surface area contributed by atoms with Gasteiger partial charge in [0, 0.05) is 16.9 Å². The minimum absolute atomic E-state index is 0.0764. The number of Topliss-reactive ketones (excluding diaryl/α,β-unsaturated/α-hetero) is 1. The standard InChI is InChI=1S/C24H22O2/c1-17-22(25)20-15-9-10-16-21(20)24(26,19-13-7-4-8-14-19)23(17,2)18-11-5-3-6-12-18/h3-17,26H,1-2H3. The largest absolute Gasteiger partial charge is 0.379 e. The van der Waals surface area contributed by atoms with Crippen molar-refractivity contribution in [3.63, 3.8) is 0 Å². The summed E-state index contributed by atoms with van der Waals surface area (Å²) in [5.74, 6) is -0.294. The lowest BCUT2D eigenvalue weighted by molar-refractivity contribution is -0.0297. The number of carbonyl (C=O) groups excluding carboxylic acids is 1. The lowest BCUT2D eigenvalue weighted by Crippen LogP contribution is -2.57. The number of fused-ring (bicyclic) bond motifs is 1. The fourth-order valence-electron chi connectivity index (χ4n) is 4.48. The number of rotatable bonds is 2. The third-order valence-electron chi connectivity index (χ3n) is 6.16. The molecule has 3 unspecified atom stereocenters. The van der Waals surface area contributed by atoms with Crippen molar-refractivity contribution in [1.82, 2.24) is 0 Å². The van der Waals surface area contributed by atoms with E-state index in [0.29, 0.717) is 11.1 Å². The third-order valence-corrected chi connectivity index (χ3v) is 6.16. The highest BCUT2D eigenvalue weighted by Gasteiger charge is 2.59. The van der Waals surface area contributed by atoms with Crippen LogP contribution in [0.4, 0.5) is 0 Å². The van der Waals surface area contributed by atoms with Gasteiger partial charge in [-0.2, -0.15) is 0 Å². The van der Waals surface area contributed by atoms with Gasteiger partial charge in [0.05, 0.1) is 0 Å². The first-order valence-corrected chi connectivity index (χ1v) is 8.98. The van der Waals surface area contributed by atoms with E-state index in [1.807, 2.05) is 98.8 Å². The van der Waals surface area contributed by atoms with Crippen molar-refractivity contribution < 1.29 is 9.90 Å². The van der Waals surface area contributed by atoms with E-state index < -0.39 is 11.0 Å². The molecule has 2 heteroatoms. The van der Waals surface area contributed by atoms with Crippen LogP contribution >= 0.6 is 0 Å². The van der Waals surface area contributed by atoms with Gasteiger partial charge in [-0.3, -0.25) is 4.79 Å². The van der Waals surface area contributed by atoms with Crippen molar-refractivity contribution in [2.75, 3.05) is 0 Å². The summed E-state index contributed by atoms with van der Waals surface area (Å²) >= 11 is 0. The molecule has 0 saturated carbocycles. The van der Waals surface area contributed by atoms with Crippen LogP contribution in [-0.4, -0.2) is 10.9 Å². The van der Waals surface area contributed by atoms with Gasteiger partial charge in [0.25, 0.3) is 0 Å². The van der Waals surface area contributed by atoms with Crippen molar-refractivity contribution in [1.29, 1.82) is 0 Å². The van der Waals surface area contributed by atoms with E-state index in [4.69, 9.17) is 0 Å². The Bertz CT molecular complexity index is 948. The molecule has 3 atom stereocenters. The van der Waals surface area contributed by atoms with E-state index in [1.165, 1.54) is 0 Å². The molecule has 3 aromatic carbocycles. The smallest absolute Gasteiger partial charge is 0.167 e. The molecule has 1 aliphatic carbocycles. The molecule has 0 spiro atoms. The van der Waals surface area contributed by atoms with E-state index in [2.05, 4.69) is 0 Å². The Morgan fingerprint density at radius 2 is 1.27 bits per heavy atom. The molecule has 130 valence electrons. The molecule has 0 amide bonds. The molecule has 3 aromatic rings. The average Bonchev–Trinajstić information content (AvgIpc) is 2.72. The summed E-state index contributed by atoms with van der Waals surface area (Å²) in [7, 11) is 0. The van der Waals surface area contributed by atoms with Crippen LogP contribution in [0.25, 0.3) is 0 Å². The first kappa shape index (κ1) is 16.7. The maximum absolute atomic E-state index is 13.2. The summed E-state index contributed by atoms with van der Waals surface area (Å²) in [6.45, 7) is 3.94. The second kappa shape index (κ2) is 5.93. The van der Waals surface area contributed by atoms with E-state index >= 15 is 0 Å². The SMILES string of the molecule is CC1C(=O)c2ccccc2C(O)(c2ccccc2)C1(C)c1ccccc1. The lowest BCUT2D eigenvalue weighted by atomic mass is 9.52.